The number of sulfonamides is 1. The van der Waals surface area contributed by atoms with Crippen molar-refractivity contribution in [2.75, 3.05) is 13.1 Å². The van der Waals surface area contributed by atoms with Gasteiger partial charge in [-0.2, -0.15) is 13.2 Å². The fraction of sp³-hybridized carbons (Fsp3) is 0.474. The number of carbonyl (C=O) groups excluding carboxylic acids is 1. The highest BCUT2D eigenvalue weighted by Gasteiger charge is 2.46. The second-order valence-corrected chi connectivity index (χ2v) is 9.05. The molecule has 0 spiro atoms. The van der Waals surface area contributed by atoms with Gasteiger partial charge in [0.1, 0.15) is 5.75 Å². The van der Waals surface area contributed by atoms with Gasteiger partial charge in [-0.3, -0.25) is 9.78 Å². The van der Waals surface area contributed by atoms with Gasteiger partial charge in [0.25, 0.3) is 5.91 Å². The number of fused-ring (bicyclic) bond motifs is 1. The summed E-state index contributed by atoms with van der Waals surface area (Å²) in [5, 5.41) is 0.558. The minimum Gasteiger partial charge on any atom is -0.491 e. The summed E-state index contributed by atoms with van der Waals surface area (Å²) < 4.78 is 67.6. The molecule has 1 saturated heterocycles. The summed E-state index contributed by atoms with van der Waals surface area (Å²) in [5.41, 5.74) is -4.49. The highest BCUT2D eigenvalue weighted by molar-refractivity contribution is 7.90. The SMILES string of the molecule is CC(C)Oc1ccc2nccc(C(=O)N3CCC[C@H]3CNS(=O)(=O)C(F)(F)F)c2c1. The van der Waals surface area contributed by atoms with Gasteiger partial charge < -0.3 is 9.64 Å². The van der Waals surface area contributed by atoms with Crippen molar-refractivity contribution in [1.29, 1.82) is 0 Å². The maximum Gasteiger partial charge on any atom is 0.511 e. The van der Waals surface area contributed by atoms with Gasteiger partial charge >= 0.3 is 15.5 Å². The van der Waals surface area contributed by atoms with Crippen LogP contribution in [-0.4, -0.2) is 55.0 Å². The zero-order valence-electron chi connectivity index (χ0n) is 16.4. The zero-order valence-corrected chi connectivity index (χ0v) is 17.3. The van der Waals surface area contributed by atoms with Crippen molar-refractivity contribution in [3.8, 4) is 5.75 Å². The summed E-state index contributed by atoms with van der Waals surface area (Å²) >= 11 is 0. The minimum absolute atomic E-state index is 0.0668. The number of likely N-dealkylation sites (tertiary alicyclic amines) is 1. The fourth-order valence-corrected chi connectivity index (χ4v) is 3.99. The Morgan fingerprint density at radius 1 is 1.33 bits per heavy atom. The predicted molar refractivity (Wildman–Crippen MR) is 105 cm³/mol. The number of carbonyl (C=O) groups is 1. The molecule has 1 N–H and O–H groups in total. The van der Waals surface area contributed by atoms with Crippen molar-refractivity contribution in [3.63, 3.8) is 0 Å². The van der Waals surface area contributed by atoms with Crippen LogP contribution in [0.1, 0.15) is 37.0 Å². The van der Waals surface area contributed by atoms with Gasteiger partial charge in [0.15, 0.2) is 0 Å². The second kappa shape index (κ2) is 8.38. The molecule has 1 aliphatic rings. The van der Waals surface area contributed by atoms with E-state index in [-0.39, 0.29) is 6.10 Å². The van der Waals surface area contributed by atoms with Crippen LogP contribution in [0.2, 0.25) is 0 Å². The lowest BCUT2D eigenvalue weighted by Gasteiger charge is -2.25. The van der Waals surface area contributed by atoms with Crippen molar-refractivity contribution in [1.82, 2.24) is 14.6 Å². The highest BCUT2D eigenvalue weighted by Crippen LogP contribution is 2.28. The smallest absolute Gasteiger partial charge is 0.491 e. The molecule has 0 saturated carbocycles. The first-order chi connectivity index (χ1) is 14.0. The first kappa shape index (κ1) is 22.3. The normalized spacial score (nSPS) is 17.7. The molecular formula is C19H22F3N3O4S. The number of rotatable bonds is 6. The lowest BCUT2D eigenvalue weighted by molar-refractivity contribution is -0.0448. The molecule has 1 amide bonds. The minimum atomic E-state index is -5.47. The van der Waals surface area contributed by atoms with Gasteiger partial charge in [0.05, 0.1) is 17.2 Å². The molecule has 1 aromatic heterocycles. The molecule has 0 radical (unpaired) electrons. The fourth-order valence-electron chi connectivity index (χ4n) is 3.42. The van der Waals surface area contributed by atoms with Gasteiger partial charge in [-0.1, -0.05) is 0 Å². The van der Waals surface area contributed by atoms with Crippen molar-refractivity contribution < 1.29 is 31.1 Å². The number of ether oxygens (including phenoxy) is 1. The number of nitrogens with zero attached hydrogens (tertiary/aromatic N) is 2. The molecule has 11 heteroatoms. The molecule has 164 valence electrons. The Balaban J connectivity index is 1.85. The number of amides is 1. The Labute approximate surface area is 172 Å². The molecule has 2 heterocycles. The van der Waals surface area contributed by atoms with Crippen molar-refractivity contribution in [3.05, 3.63) is 36.0 Å². The summed E-state index contributed by atoms with van der Waals surface area (Å²) in [4.78, 5) is 18.8. The van der Waals surface area contributed by atoms with E-state index in [1.54, 1.807) is 29.0 Å². The van der Waals surface area contributed by atoms with E-state index in [4.69, 9.17) is 4.74 Å². The number of halogens is 3. The Morgan fingerprint density at radius 3 is 2.73 bits per heavy atom. The maximum absolute atomic E-state index is 13.2. The largest absolute Gasteiger partial charge is 0.511 e. The molecule has 1 aromatic carbocycles. The topological polar surface area (TPSA) is 88.6 Å². The van der Waals surface area contributed by atoms with Gasteiger partial charge in [-0.15, -0.1) is 0 Å². The van der Waals surface area contributed by atoms with E-state index < -0.39 is 34.0 Å². The summed E-state index contributed by atoms with van der Waals surface area (Å²) in [6.07, 6.45) is 2.38. The maximum atomic E-state index is 13.2. The Morgan fingerprint density at radius 2 is 2.07 bits per heavy atom. The van der Waals surface area contributed by atoms with E-state index in [0.29, 0.717) is 41.6 Å². The van der Waals surface area contributed by atoms with Crippen LogP contribution in [0.15, 0.2) is 30.5 Å². The van der Waals surface area contributed by atoms with Crippen LogP contribution in [0.5, 0.6) is 5.75 Å². The van der Waals surface area contributed by atoms with Crippen molar-refractivity contribution in [2.45, 2.75) is 44.3 Å². The first-order valence-corrected chi connectivity index (χ1v) is 10.9. The summed E-state index contributed by atoms with van der Waals surface area (Å²) in [5.74, 6) is 0.174. The van der Waals surface area contributed by atoms with E-state index in [2.05, 4.69) is 4.98 Å². The Kier molecular flexibility index (Phi) is 6.23. The lowest BCUT2D eigenvalue weighted by Crippen LogP contribution is -2.46. The molecule has 0 bridgehead atoms. The molecule has 7 nitrogen and oxygen atoms in total. The summed E-state index contributed by atoms with van der Waals surface area (Å²) in [7, 11) is -5.47. The molecule has 1 fully saturated rings. The molecule has 30 heavy (non-hydrogen) atoms. The predicted octanol–water partition coefficient (Wildman–Crippen LogP) is 3.07. The van der Waals surface area contributed by atoms with Crippen LogP contribution in [0.25, 0.3) is 10.9 Å². The van der Waals surface area contributed by atoms with Crippen LogP contribution < -0.4 is 9.46 Å². The standard InChI is InChI=1S/C19H22F3N3O4S/c1-12(2)29-14-5-6-17-16(10-14)15(7-8-23-17)18(26)25-9-3-4-13(25)11-24-30(27,28)19(20,21)22/h5-8,10,12-13,24H,3-4,9,11H2,1-2H3/t13-/m0/s1. The van der Waals surface area contributed by atoms with Crippen molar-refractivity contribution in [2.24, 2.45) is 0 Å². The third-order valence-electron chi connectivity index (χ3n) is 4.77. The van der Waals surface area contributed by atoms with Crippen LogP contribution >= 0.6 is 0 Å². The molecule has 1 aliphatic heterocycles. The zero-order chi connectivity index (χ0) is 22.1. The lowest BCUT2D eigenvalue weighted by atomic mass is 10.1. The highest BCUT2D eigenvalue weighted by atomic mass is 32.2. The van der Waals surface area contributed by atoms with E-state index in [1.165, 1.54) is 11.1 Å². The molecule has 1 atom stereocenters. The van der Waals surface area contributed by atoms with Gasteiger partial charge in [0.2, 0.25) is 0 Å². The quantitative estimate of drug-likeness (QED) is 0.738. The molecule has 0 unspecified atom stereocenters. The third-order valence-corrected chi connectivity index (χ3v) is 5.92. The Bertz CT molecular complexity index is 1040. The summed E-state index contributed by atoms with van der Waals surface area (Å²) in [6.45, 7) is 3.56. The third kappa shape index (κ3) is 4.67. The molecule has 0 aliphatic carbocycles. The van der Waals surface area contributed by atoms with E-state index in [1.807, 2.05) is 13.8 Å². The van der Waals surface area contributed by atoms with Gasteiger partial charge in [0, 0.05) is 30.7 Å². The molecule has 3 rings (SSSR count). The number of hydrogen-bond acceptors (Lipinski definition) is 5. The van der Waals surface area contributed by atoms with E-state index in [9.17, 15) is 26.4 Å². The average molecular weight is 445 g/mol. The average Bonchev–Trinajstić information content (AvgIpc) is 3.12. The number of nitrogens with one attached hydrogen (secondary N) is 1. The van der Waals surface area contributed by atoms with Gasteiger partial charge in [-0.05, 0) is 51.0 Å². The van der Waals surface area contributed by atoms with Crippen LogP contribution in [0.3, 0.4) is 0 Å². The van der Waals surface area contributed by atoms with E-state index in [0.717, 1.165) is 0 Å². The van der Waals surface area contributed by atoms with Crippen LogP contribution in [0, 0.1) is 0 Å². The molecular weight excluding hydrogens is 423 g/mol. The number of hydrogen-bond donors (Lipinski definition) is 1. The number of benzene rings is 1. The second-order valence-electron chi connectivity index (χ2n) is 7.30. The Hall–Kier alpha value is -2.40. The van der Waals surface area contributed by atoms with Crippen molar-refractivity contribution >= 4 is 26.8 Å². The van der Waals surface area contributed by atoms with Gasteiger partial charge in [-0.25, -0.2) is 13.1 Å². The molecule has 2 aromatic rings. The van der Waals surface area contributed by atoms with Crippen LogP contribution in [0.4, 0.5) is 13.2 Å². The number of pyridine rings is 1. The van der Waals surface area contributed by atoms with E-state index >= 15 is 0 Å². The summed E-state index contributed by atoms with van der Waals surface area (Å²) in [6, 6.07) is 6.04. The first-order valence-electron chi connectivity index (χ1n) is 9.42. The monoisotopic (exact) mass is 445 g/mol. The number of alkyl halides is 3. The number of aromatic nitrogens is 1. The van der Waals surface area contributed by atoms with Crippen LogP contribution in [-0.2, 0) is 10.0 Å².